The Balaban J connectivity index is 1.67. The van der Waals surface area contributed by atoms with Crippen LogP contribution in [-0.4, -0.2) is 35.7 Å². The molecule has 7 nitrogen and oxygen atoms in total. The van der Waals surface area contributed by atoms with E-state index in [-0.39, 0.29) is 6.54 Å². The van der Waals surface area contributed by atoms with Gasteiger partial charge in [0.05, 0.1) is 24.0 Å². The zero-order valence-corrected chi connectivity index (χ0v) is 17.3. The first-order valence-corrected chi connectivity index (χ1v) is 9.83. The van der Waals surface area contributed by atoms with E-state index in [9.17, 15) is 23.5 Å². The first-order valence-electron chi connectivity index (χ1n) is 9.83. The number of halogens is 3. The molecule has 0 aliphatic heterocycles. The summed E-state index contributed by atoms with van der Waals surface area (Å²) in [7, 11) is 0. The van der Waals surface area contributed by atoms with Crippen molar-refractivity contribution in [3.05, 3.63) is 71.4 Å². The van der Waals surface area contributed by atoms with Crippen molar-refractivity contribution in [2.24, 2.45) is 0 Å². The van der Waals surface area contributed by atoms with Gasteiger partial charge in [0, 0.05) is 29.2 Å². The summed E-state index contributed by atoms with van der Waals surface area (Å²) < 4.78 is 42.9. The topological polar surface area (TPSA) is 92.0 Å². The molecule has 0 radical (unpaired) electrons. The van der Waals surface area contributed by atoms with Gasteiger partial charge in [-0.15, -0.1) is 5.10 Å². The second kappa shape index (κ2) is 7.76. The van der Waals surface area contributed by atoms with E-state index in [1.165, 1.54) is 11.6 Å². The molecule has 0 saturated heterocycles. The summed E-state index contributed by atoms with van der Waals surface area (Å²) in [6.07, 6.45) is -0.834. The van der Waals surface area contributed by atoms with Crippen molar-refractivity contribution in [1.82, 2.24) is 24.4 Å². The standard InChI is InChI=1S/C22H19F3N6O/c1-3-21(32,22(23,24)25)19-13-30(29-28-19)12-15-6-7-31-18(8-15)9-17(10-26)20(31)16-5-4-14(2)27-11-16/h4-9,11,13,32H,3,12H2,1-2H3. The van der Waals surface area contributed by atoms with Crippen molar-refractivity contribution in [2.75, 3.05) is 0 Å². The van der Waals surface area contributed by atoms with Gasteiger partial charge in [0.25, 0.3) is 0 Å². The Hall–Kier alpha value is -3.71. The summed E-state index contributed by atoms with van der Waals surface area (Å²) in [4.78, 5) is 4.30. The minimum atomic E-state index is -4.86. The molecular weight excluding hydrogens is 421 g/mol. The van der Waals surface area contributed by atoms with Crippen LogP contribution in [0.2, 0.25) is 0 Å². The third-order valence-corrected chi connectivity index (χ3v) is 5.43. The molecule has 0 bridgehead atoms. The fraction of sp³-hybridized carbons (Fsp3) is 0.273. The van der Waals surface area contributed by atoms with E-state index in [4.69, 9.17) is 0 Å². The van der Waals surface area contributed by atoms with E-state index in [1.54, 1.807) is 24.5 Å². The minimum Gasteiger partial charge on any atom is -0.375 e. The number of nitrogens with zero attached hydrogens (tertiary/aromatic N) is 6. The summed E-state index contributed by atoms with van der Waals surface area (Å²) in [5.74, 6) is 0. The molecule has 1 N–H and O–H groups in total. The first-order chi connectivity index (χ1) is 15.2. The van der Waals surface area contributed by atoms with Crippen molar-refractivity contribution < 1.29 is 18.3 Å². The van der Waals surface area contributed by atoms with Gasteiger partial charge in [-0.25, -0.2) is 4.68 Å². The van der Waals surface area contributed by atoms with Crippen LogP contribution in [0.5, 0.6) is 0 Å². The van der Waals surface area contributed by atoms with Gasteiger partial charge >= 0.3 is 6.18 Å². The van der Waals surface area contributed by atoms with E-state index in [1.807, 2.05) is 29.5 Å². The molecule has 4 rings (SSSR count). The van der Waals surface area contributed by atoms with Crippen molar-refractivity contribution in [1.29, 1.82) is 5.26 Å². The lowest BCUT2D eigenvalue weighted by Gasteiger charge is -2.26. The number of nitriles is 1. The maximum atomic E-state index is 13.3. The van der Waals surface area contributed by atoms with Gasteiger partial charge in [-0.2, -0.15) is 18.4 Å². The molecule has 1 atom stereocenters. The molecule has 0 aliphatic rings. The Bertz CT molecular complexity index is 1320. The Morgan fingerprint density at radius 1 is 1.19 bits per heavy atom. The molecule has 4 heterocycles. The highest BCUT2D eigenvalue weighted by molar-refractivity contribution is 5.74. The first kappa shape index (κ1) is 21.5. The third kappa shape index (κ3) is 3.61. The summed E-state index contributed by atoms with van der Waals surface area (Å²) in [5, 5.41) is 26.9. The summed E-state index contributed by atoms with van der Waals surface area (Å²) in [6, 6.07) is 11.3. The van der Waals surface area contributed by atoms with Gasteiger partial charge < -0.3 is 9.51 Å². The van der Waals surface area contributed by atoms with Crippen LogP contribution in [-0.2, 0) is 12.1 Å². The lowest BCUT2D eigenvalue weighted by atomic mass is 9.96. The molecule has 1 unspecified atom stereocenters. The van der Waals surface area contributed by atoms with Crippen LogP contribution in [0.3, 0.4) is 0 Å². The zero-order valence-electron chi connectivity index (χ0n) is 17.3. The maximum absolute atomic E-state index is 13.3. The van der Waals surface area contributed by atoms with E-state index in [2.05, 4.69) is 21.4 Å². The maximum Gasteiger partial charge on any atom is 0.423 e. The number of aryl methyl sites for hydroxylation is 1. The van der Waals surface area contributed by atoms with E-state index in [0.29, 0.717) is 11.3 Å². The molecule has 0 aliphatic carbocycles. The Morgan fingerprint density at radius 2 is 1.97 bits per heavy atom. The zero-order chi connectivity index (χ0) is 23.1. The van der Waals surface area contributed by atoms with Gasteiger partial charge in [-0.05, 0) is 49.2 Å². The summed E-state index contributed by atoms with van der Waals surface area (Å²) in [5.41, 5.74) is 0.755. The lowest BCUT2D eigenvalue weighted by Crippen LogP contribution is -2.42. The van der Waals surface area contributed by atoms with Gasteiger partial charge in [-0.1, -0.05) is 12.1 Å². The quantitative estimate of drug-likeness (QED) is 0.507. The lowest BCUT2D eigenvalue weighted by molar-refractivity contribution is -0.269. The predicted molar refractivity (Wildman–Crippen MR) is 109 cm³/mol. The van der Waals surface area contributed by atoms with Gasteiger partial charge in [0.2, 0.25) is 5.60 Å². The van der Waals surface area contributed by atoms with Crippen LogP contribution in [0.25, 0.3) is 16.8 Å². The van der Waals surface area contributed by atoms with Crippen LogP contribution < -0.4 is 0 Å². The van der Waals surface area contributed by atoms with E-state index in [0.717, 1.165) is 28.5 Å². The molecule has 0 saturated carbocycles. The van der Waals surface area contributed by atoms with E-state index >= 15 is 0 Å². The van der Waals surface area contributed by atoms with Gasteiger partial charge in [-0.3, -0.25) is 4.98 Å². The molecule has 10 heteroatoms. The van der Waals surface area contributed by atoms with Crippen LogP contribution >= 0.6 is 0 Å². The highest BCUT2D eigenvalue weighted by Crippen LogP contribution is 2.40. The second-order valence-electron chi connectivity index (χ2n) is 7.55. The Morgan fingerprint density at radius 3 is 2.59 bits per heavy atom. The van der Waals surface area contributed by atoms with Crippen molar-refractivity contribution in [2.45, 2.75) is 38.6 Å². The fourth-order valence-corrected chi connectivity index (χ4v) is 3.59. The smallest absolute Gasteiger partial charge is 0.375 e. The molecule has 0 aromatic carbocycles. The average Bonchev–Trinajstić information content (AvgIpc) is 3.37. The van der Waals surface area contributed by atoms with Crippen molar-refractivity contribution >= 4 is 5.52 Å². The number of alkyl halides is 3. The molecule has 0 spiro atoms. The number of pyridine rings is 2. The van der Waals surface area contributed by atoms with Gasteiger partial charge in [0.15, 0.2) is 0 Å². The minimum absolute atomic E-state index is 0.148. The van der Waals surface area contributed by atoms with Crippen LogP contribution in [0.1, 0.15) is 35.9 Å². The Kier molecular flexibility index (Phi) is 5.22. The third-order valence-electron chi connectivity index (χ3n) is 5.43. The largest absolute Gasteiger partial charge is 0.423 e. The SMILES string of the molecule is CCC(O)(c1cn(Cc2ccn3c(-c4ccc(C)nc4)c(C#N)cc3c2)nn1)C(F)(F)F. The molecule has 0 amide bonds. The van der Waals surface area contributed by atoms with Crippen LogP contribution in [0, 0.1) is 18.3 Å². The number of rotatable bonds is 5. The number of aromatic nitrogens is 5. The highest BCUT2D eigenvalue weighted by atomic mass is 19.4. The van der Waals surface area contributed by atoms with Gasteiger partial charge in [0.1, 0.15) is 11.8 Å². The van der Waals surface area contributed by atoms with Crippen molar-refractivity contribution in [3.8, 4) is 17.3 Å². The average molecular weight is 440 g/mol. The molecule has 0 fully saturated rings. The molecule has 4 aromatic heterocycles. The number of aliphatic hydroxyl groups is 1. The number of hydrogen-bond acceptors (Lipinski definition) is 5. The molecule has 32 heavy (non-hydrogen) atoms. The molecule has 164 valence electrons. The van der Waals surface area contributed by atoms with E-state index < -0.39 is 23.9 Å². The monoisotopic (exact) mass is 440 g/mol. The fourth-order valence-electron chi connectivity index (χ4n) is 3.59. The second-order valence-corrected chi connectivity index (χ2v) is 7.55. The Labute approximate surface area is 181 Å². The molecule has 4 aromatic rings. The van der Waals surface area contributed by atoms with Crippen LogP contribution in [0.4, 0.5) is 13.2 Å². The van der Waals surface area contributed by atoms with Crippen molar-refractivity contribution in [3.63, 3.8) is 0 Å². The predicted octanol–water partition coefficient (Wildman–Crippen LogP) is 3.98. The highest BCUT2D eigenvalue weighted by Gasteiger charge is 2.55. The molecular formula is C22H19F3N6O. The number of fused-ring (bicyclic) bond motifs is 1. The normalized spacial score (nSPS) is 13.8. The summed E-state index contributed by atoms with van der Waals surface area (Å²) >= 11 is 0. The van der Waals surface area contributed by atoms with Crippen LogP contribution in [0.15, 0.2) is 48.9 Å². The number of hydrogen-bond donors (Lipinski definition) is 1. The summed E-state index contributed by atoms with van der Waals surface area (Å²) in [6.45, 7) is 3.26.